The molecule has 5 heteroatoms. The number of fused-ring (bicyclic) bond motifs is 5. The predicted octanol–water partition coefficient (Wildman–Crippen LogP) is 1.55. The summed E-state index contributed by atoms with van der Waals surface area (Å²) in [5, 5.41) is 3.08. The Hall–Kier alpha value is -2.14. The molecular weight excluding hydrogens is 316 g/mol. The fourth-order valence-electron chi connectivity index (χ4n) is 7.17. The van der Waals surface area contributed by atoms with E-state index in [-0.39, 0.29) is 35.8 Å². The second-order valence-electron chi connectivity index (χ2n) is 8.22. The van der Waals surface area contributed by atoms with E-state index in [4.69, 9.17) is 4.74 Å². The molecule has 1 aromatic carbocycles. The maximum atomic E-state index is 13.4. The minimum Gasteiger partial charge on any atom is -0.376 e. The lowest BCUT2D eigenvalue weighted by molar-refractivity contribution is -0.167. The Balaban J connectivity index is 1.71. The van der Waals surface area contributed by atoms with Crippen molar-refractivity contribution in [3.63, 3.8) is 0 Å². The summed E-state index contributed by atoms with van der Waals surface area (Å²) in [6.45, 7) is 4.70. The molecule has 0 aromatic heterocycles. The molecular formula is C20H20N2O3. The zero-order valence-electron chi connectivity index (χ0n) is 14.1. The first-order valence-corrected chi connectivity index (χ1v) is 9.02. The third kappa shape index (κ3) is 1.14. The second-order valence-corrected chi connectivity index (χ2v) is 8.22. The predicted molar refractivity (Wildman–Crippen MR) is 90.8 cm³/mol. The van der Waals surface area contributed by atoms with Gasteiger partial charge in [0.1, 0.15) is 5.41 Å². The molecule has 1 spiro atoms. The molecule has 4 fully saturated rings. The van der Waals surface area contributed by atoms with Crippen LogP contribution in [0.15, 0.2) is 36.9 Å². The SMILES string of the molecule is C=C[C@]12C(=O)N(C)[C@H]3[C@@H]4CO[C@@H](C[C@@H]41)[C@@]1(C(=O)Nc4ccccc41)[C@H]32. The summed E-state index contributed by atoms with van der Waals surface area (Å²) >= 11 is 0. The van der Waals surface area contributed by atoms with Gasteiger partial charge in [0.05, 0.1) is 18.1 Å². The Morgan fingerprint density at radius 2 is 2.16 bits per heavy atom. The van der Waals surface area contributed by atoms with Crippen LogP contribution in [0.25, 0.3) is 0 Å². The zero-order valence-corrected chi connectivity index (χ0v) is 14.1. The van der Waals surface area contributed by atoms with E-state index in [1.165, 1.54) is 0 Å². The third-order valence-electron chi connectivity index (χ3n) is 7.85. The smallest absolute Gasteiger partial charge is 0.238 e. The molecule has 3 heterocycles. The van der Waals surface area contributed by atoms with Crippen molar-refractivity contribution >= 4 is 17.5 Å². The monoisotopic (exact) mass is 336 g/mol. The minimum atomic E-state index is -0.794. The van der Waals surface area contributed by atoms with Gasteiger partial charge in [-0.3, -0.25) is 9.59 Å². The van der Waals surface area contributed by atoms with Crippen LogP contribution in [0.2, 0.25) is 0 Å². The van der Waals surface area contributed by atoms with Crippen LogP contribution in [0.1, 0.15) is 12.0 Å². The van der Waals surface area contributed by atoms with Crippen molar-refractivity contribution in [2.45, 2.75) is 24.0 Å². The summed E-state index contributed by atoms with van der Waals surface area (Å²) in [7, 11) is 1.88. The first-order valence-electron chi connectivity index (χ1n) is 9.02. The van der Waals surface area contributed by atoms with Crippen molar-refractivity contribution in [2.75, 3.05) is 19.0 Å². The number of hydrogen-bond donors (Lipinski definition) is 1. The lowest BCUT2D eigenvalue weighted by atomic mass is 9.51. The topological polar surface area (TPSA) is 58.6 Å². The van der Waals surface area contributed by atoms with Gasteiger partial charge in [-0.2, -0.15) is 0 Å². The number of carbonyl (C=O) groups excluding carboxylic acids is 2. The van der Waals surface area contributed by atoms with Gasteiger partial charge in [0, 0.05) is 30.6 Å². The van der Waals surface area contributed by atoms with E-state index in [0.29, 0.717) is 12.5 Å². The summed E-state index contributed by atoms with van der Waals surface area (Å²) < 4.78 is 6.26. The van der Waals surface area contributed by atoms with Gasteiger partial charge in [0.2, 0.25) is 11.8 Å². The minimum absolute atomic E-state index is 0.0102. The van der Waals surface area contributed by atoms with Crippen LogP contribution in [-0.4, -0.2) is 42.5 Å². The van der Waals surface area contributed by atoms with Gasteiger partial charge in [-0.05, 0) is 24.0 Å². The fourth-order valence-corrected chi connectivity index (χ4v) is 7.17. The first-order chi connectivity index (χ1) is 12.1. The molecule has 3 aliphatic heterocycles. The van der Waals surface area contributed by atoms with Crippen LogP contribution >= 0.6 is 0 Å². The van der Waals surface area contributed by atoms with E-state index in [9.17, 15) is 9.59 Å². The lowest BCUT2D eigenvalue weighted by Gasteiger charge is -2.53. The maximum absolute atomic E-state index is 13.4. The largest absolute Gasteiger partial charge is 0.376 e. The molecule has 2 aliphatic carbocycles. The van der Waals surface area contributed by atoms with Crippen LogP contribution in [0, 0.1) is 23.2 Å². The number of para-hydroxylation sites is 1. The highest BCUT2D eigenvalue weighted by molar-refractivity contribution is 6.09. The van der Waals surface area contributed by atoms with Crippen LogP contribution in [0.5, 0.6) is 0 Å². The molecule has 7 atom stereocenters. The molecule has 2 saturated heterocycles. The molecule has 5 nitrogen and oxygen atoms in total. The molecule has 1 N–H and O–H groups in total. The van der Waals surface area contributed by atoms with Gasteiger partial charge >= 0.3 is 0 Å². The Bertz CT molecular complexity index is 866. The highest BCUT2D eigenvalue weighted by Crippen LogP contribution is 2.73. The number of rotatable bonds is 1. The number of benzene rings is 1. The zero-order chi connectivity index (χ0) is 17.1. The number of amides is 2. The van der Waals surface area contributed by atoms with E-state index >= 15 is 0 Å². The highest BCUT2D eigenvalue weighted by Gasteiger charge is 2.82. The average molecular weight is 336 g/mol. The van der Waals surface area contributed by atoms with Gasteiger partial charge < -0.3 is 15.0 Å². The number of piperidine rings is 1. The lowest BCUT2D eigenvalue weighted by Crippen LogP contribution is -2.63. The Morgan fingerprint density at radius 1 is 1.36 bits per heavy atom. The molecule has 5 aliphatic rings. The summed E-state index contributed by atoms with van der Waals surface area (Å²) in [5.74, 6) is 0.560. The third-order valence-corrected chi connectivity index (χ3v) is 7.85. The Kier molecular flexibility index (Phi) is 2.24. The van der Waals surface area contributed by atoms with Crippen molar-refractivity contribution in [3.05, 3.63) is 42.5 Å². The number of likely N-dealkylation sites (tertiary alicyclic amines) is 1. The van der Waals surface area contributed by atoms with E-state index < -0.39 is 10.8 Å². The van der Waals surface area contributed by atoms with Crippen LogP contribution in [-0.2, 0) is 19.7 Å². The molecule has 2 amide bonds. The number of ether oxygens (including phenoxy) is 1. The van der Waals surface area contributed by atoms with E-state index in [0.717, 1.165) is 17.7 Å². The summed E-state index contributed by atoms with van der Waals surface area (Å²) in [6, 6.07) is 7.93. The van der Waals surface area contributed by atoms with Gasteiger partial charge in [-0.1, -0.05) is 24.3 Å². The first kappa shape index (κ1) is 14.1. The molecule has 5 bridgehead atoms. The quantitative estimate of drug-likeness (QED) is 0.792. The van der Waals surface area contributed by atoms with Gasteiger partial charge in [0.15, 0.2) is 0 Å². The number of anilines is 1. The van der Waals surface area contributed by atoms with Crippen LogP contribution < -0.4 is 5.32 Å². The van der Waals surface area contributed by atoms with Crippen molar-refractivity contribution in [2.24, 2.45) is 23.2 Å². The number of nitrogens with one attached hydrogen (secondary N) is 1. The van der Waals surface area contributed by atoms with Crippen LogP contribution in [0.3, 0.4) is 0 Å². The highest BCUT2D eigenvalue weighted by atomic mass is 16.5. The van der Waals surface area contributed by atoms with Crippen LogP contribution in [0.4, 0.5) is 5.69 Å². The van der Waals surface area contributed by atoms with Crippen molar-refractivity contribution in [1.29, 1.82) is 0 Å². The molecule has 0 unspecified atom stereocenters. The Morgan fingerprint density at radius 3 is 2.96 bits per heavy atom. The van der Waals surface area contributed by atoms with Crippen molar-refractivity contribution in [3.8, 4) is 0 Å². The maximum Gasteiger partial charge on any atom is 0.238 e. The van der Waals surface area contributed by atoms with E-state index in [2.05, 4.69) is 11.9 Å². The summed E-state index contributed by atoms with van der Waals surface area (Å²) in [5.41, 5.74) is 0.422. The summed E-state index contributed by atoms with van der Waals surface area (Å²) in [6.07, 6.45) is 2.45. The van der Waals surface area contributed by atoms with E-state index in [1.807, 2.05) is 42.3 Å². The second kappa shape index (κ2) is 3.98. The number of nitrogens with zero attached hydrogens (tertiary/aromatic N) is 1. The molecule has 1 aromatic rings. The molecule has 2 saturated carbocycles. The fraction of sp³-hybridized carbons (Fsp3) is 0.500. The summed E-state index contributed by atoms with van der Waals surface area (Å²) in [4.78, 5) is 28.5. The van der Waals surface area contributed by atoms with Gasteiger partial charge in [0.25, 0.3) is 0 Å². The van der Waals surface area contributed by atoms with Crippen molar-refractivity contribution in [1.82, 2.24) is 4.90 Å². The Labute approximate surface area is 146 Å². The van der Waals surface area contributed by atoms with Gasteiger partial charge in [-0.15, -0.1) is 6.58 Å². The number of carbonyl (C=O) groups is 2. The molecule has 0 radical (unpaired) electrons. The molecule has 6 rings (SSSR count). The van der Waals surface area contributed by atoms with Gasteiger partial charge in [-0.25, -0.2) is 0 Å². The molecule has 128 valence electrons. The van der Waals surface area contributed by atoms with Crippen molar-refractivity contribution < 1.29 is 14.3 Å². The number of hydrogen-bond acceptors (Lipinski definition) is 3. The van der Waals surface area contributed by atoms with E-state index in [1.54, 1.807) is 0 Å². The average Bonchev–Trinajstić information content (AvgIpc) is 3.08. The standard InChI is InChI=1S/C20H20N2O3/c1-3-19-12-8-14-20(11-6-4-5-7-13(11)21-17(20)23)16(19)15(10(12)9-25-14)22(2)18(19)24/h3-7,10,12,14-16H,1,8-9H2,2H3,(H,21,23)/t10-,12+,14+,15+,16-,19+,20-/m1/s1. The normalized spacial score (nSPS) is 48.2. The molecule has 25 heavy (non-hydrogen) atoms.